The van der Waals surface area contributed by atoms with Gasteiger partial charge in [0.2, 0.25) is 0 Å². The Hall–Kier alpha value is -1.60. The lowest BCUT2D eigenvalue weighted by atomic mass is 9.76. The summed E-state index contributed by atoms with van der Waals surface area (Å²) in [6.45, 7) is 11.4. The molecular weight excluding hydrogens is 343 g/mol. The summed E-state index contributed by atoms with van der Waals surface area (Å²) in [7, 11) is 1.15. The highest BCUT2D eigenvalue weighted by Crippen LogP contribution is 2.38. The molecule has 0 atom stereocenters. The Kier molecular flexibility index (Phi) is 5.82. The summed E-state index contributed by atoms with van der Waals surface area (Å²) in [5.74, 6) is 0.754. The van der Waals surface area contributed by atoms with Crippen molar-refractivity contribution in [2.45, 2.75) is 45.8 Å². The molecule has 2 aromatic carbocycles. The summed E-state index contributed by atoms with van der Waals surface area (Å²) in [5.41, 5.74) is 1.11. The van der Waals surface area contributed by atoms with Crippen molar-refractivity contribution in [3.05, 3.63) is 35.9 Å². The number of ether oxygens (including phenoxy) is 3. The molecule has 0 aromatic heterocycles. The van der Waals surface area contributed by atoms with Crippen LogP contribution in [0.5, 0.6) is 5.75 Å². The predicted molar refractivity (Wildman–Crippen MR) is 108 cm³/mol. The molecule has 0 unspecified atom stereocenters. The summed E-state index contributed by atoms with van der Waals surface area (Å²) in [4.78, 5) is 0. The van der Waals surface area contributed by atoms with Gasteiger partial charge in [0.15, 0.2) is 6.79 Å². The molecule has 0 spiro atoms. The Balaban J connectivity index is 1.96. The van der Waals surface area contributed by atoms with Crippen LogP contribution in [0.2, 0.25) is 0 Å². The second-order valence-electron chi connectivity index (χ2n) is 7.89. The van der Waals surface area contributed by atoms with Crippen LogP contribution in [0, 0.1) is 6.92 Å². The number of hydrogen-bond acceptors (Lipinski definition) is 5. The average molecular weight is 372 g/mol. The zero-order valence-corrected chi connectivity index (χ0v) is 17.1. The Morgan fingerprint density at radius 2 is 1.67 bits per heavy atom. The predicted octanol–water partition coefficient (Wildman–Crippen LogP) is 3.45. The fourth-order valence-electron chi connectivity index (χ4n) is 3.17. The van der Waals surface area contributed by atoms with Crippen molar-refractivity contribution in [3.63, 3.8) is 0 Å². The van der Waals surface area contributed by atoms with Crippen molar-refractivity contribution >= 4 is 23.4 Å². The van der Waals surface area contributed by atoms with E-state index in [1.807, 2.05) is 12.1 Å². The van der Waals surface area contributed by atoms with Gasteiger partial charge in [0, 0.05) is 12.6 Å². The van der Waals surface area contributed by atoms with Crippen LogP contribution in [0.4, 0.5) is 0 Å². The first-order chi connectivity index (χ1) is 12.8. The largest absolute Gasteiger partial charge is 0.498 e. The Morgan fingerprint density at radius 3 is 2.33 bits per heavy atom. The Morgan fingerprint density at radius 1 is 1.00 bits per heavy atom. The maximum Gasteiger partial charge on any atom is 0.498 e. The van der Waals surface area contributed by atoms with Gasteiger partial charge in [0.1, 0.15) is 5.75 Å². The third kappa shape index (κ3) is 3.99. The van der Waals surface area contributed by atoms with Crippen molar-refractivity contribution in [2.75, 3.05) is 27.1 Å². The molecular formula is C21H29BO5. The third-order valence-corrected chi connectivity index (χ3v) is 5.50. The quantitative estimate of drug-likeness (QED) is 0.423. The molecule has 0 amide bonds. The average Bonchev–Trinajstić information content (AvgIpc) is 2.84. The number of fused-ring (bicyclic) bond motifs is 1. The topological polar surface area (TPSA) is 46.2 Å². The number of hydrogen-bond donors (Lipinski definition) is 0. The minimum Gasteiger partial charge on any atom is -0.468 e. The maximum atomic E-state index is 6.28. The molecule has 5 nitrogen and oxygen atoms in total. The second-order valence-corrected chi connectivity index (χ2v) is 7.89. The van der Waals surface area contributed by atoms with Gasteiger partial charge in [-0.15, -0.1) is 0 Å². The van der Waals surface area contributed by atoms with Gasteiger partial charge in [-0.2, -0.15) is 0 Å². The van der Waals surface area contributed by atoms with E-state index in [-0.39, 0.29) is 6.79 Å². The number of aryl methyl sites for hydroxylation is 1. The summed E-state index contributed by atoms with van der Waals surface area (Å²) in [6.07, 6.45) is 0. The van der Waals surface area contributed by atoms with Crippen molar-refractivity contribution in [1.82, 2.24) is 0 Å². The molecule has 0 bridgehead atoms. The first-order valence-corrected chi connectivity index (χ1v) is 9.34. The monoisotopic (exact) mass is 372 g/mol. The fraction of sp³-hybridized carbons (Fsp3) is 0.524. The molecule has 1 heterocycles. The number of rotatable bonds is 7. The van der Waals surface area contributed by atoms with Gasteiger partial charge < -0.3 is 23.5 Å². The minimum absolute atomic E-state index is 0.148. The summed E-state index contributed by atoms with van der Waals surface area (Å²) in [6, 6.07) is 10.3. The van der Waals surface area contributed by atoms with Crippen LogP contribution in [-0.4, -0.2) is 45.4 Å². The lowest BCUT2D eigenvalue weighted by molar-refractivity contribution is -0.00833. The fourth-order valence-corrected chi connectivity index (χ4v) is 3.17. The molecule has 0 aliphatic carbocycles. The molecule has 1 aliphatic heterocycles. The molecule has 1 saturated heterocycles. The maximum absolute atomic E-state index is 6.28. The van der Waals surface area contributed by atoms with Gasteiger partial charge in [0.05, 0.1) is 24.4 Å². The molecule has 146 valence electrons. The molecule has 0 saturated carbocycles. The van der Waals surface area contributed by atoms with Crippen molar-refractivity contribution in [2.24, 2.45) is 0 Å². The molecule has 2 aromatic rings. The van der Waals surface area contributed by atoms with E-state index in [9.17, 15) is 0 Å². The molecule has 1 aliphatic rings. The molecule has 0 N–H and O–H groups in total. The minimum atomic E-state index is -0.493. The van der Waals surface area contributed by atoms with Crippen LogP contribution >= 0.6 is 0 Å². The standard InChI is InChI=1S/C21H29BO5/c1-15-17-10-8-7-9-16(17)13-18(19(15)25-14-24-12-11-23-6)22-26-20(2,3)21(4,5)27-22/h7-10,13H,11-12,14H2,1-6H3. The summed E-state index contributed by atoms with van der Waals surface area (Å²) < 4.78 is 29.1. The summed E-state index contributed by atoms with van der Waals surface area (Å²) >= 11 is 0. The normalized spacial score (nSPS) is 18.2. The van der Waals surface area contributed by atoms with E-state index >= 15 is 0 Å². The first kappa shape index (κ1) is 20.1. The molecule has 27 heavy (non-hydrogen) atoms. The lowest BCUT2D eigenvalue weighted by Crippen LogP contribution is -2.41. The highest BCUT2D eigenvalue weighted by molar-refractivity contribution is 6.63. The van der Waals surface area contributed by atoms with Crippen LogP contribution < -0.4 is 10.2 Å². The van der Waals surface area contributed by atoms with Crippen LogP contribution in [0.3, 0.4) is 0 Å². The van der Waals surface area contributed by atoms with Gasteiger partial charge in [-0.1, -0.05) is 30.3 Å². The van der Waals surface area contributed by atoms with Crippen molar-refractivity contribution < 1.29 is 23.5 Å². The third-order valence-electron chi connectivity index (χ3n) is 5.50. The van der Waals surface area contributed by atoms with Crippen LogP contribution in [0.1, 0.15) is 33.3 Å². The van der Waals surface area contributed by atoms with E-state index < -0.39 is 18.3 Å². The SMILES string of the molecule is COCCOCOc1c(B2OC(C)(C)C(C)(C)O2)cc2ccccc2c1C. The van der Waals surface area contributed by atoms with E-state index in [0.29, 0.717) is 13.2 Å². The highest BCUT2D eigenvalue weighted by Gasteiger charge is 2.52. The first-order valence-electron chi connectivity index (χ1n) is 9.34. The van der Waals surface area contributed by atoms with Crippen LogP contribution in [0.15, 0.2) is 30.3 Å². The smallest absolute Gasteiger partial charge is 0.468 e. The Labute approximate surface area is 162 Å². The van der Waals surface area contributed by atoms with Gasteiger partial charge >= 0.3 is 7.12 Å². The van der Waals surface area contributed by atoms with Gasteiger partial charge in [-0.3, -0.25) is 0 Å². The second kappa shape index (κ2) is 7.80. The van der Waals surface area contributed by atoms with E-state index in [1.165, 1.54) is 0 Å². The highest BCUT2D eigenvalue weighted by atomic mass is 16.7. The molecule has 6 heteroatoms. The Bertz CT molecular complexity index is 787. The molecule has 0 radical (unpaired) electrons. The van der Waals surface area contributed by atoms with E-state index in [4.69, 9.17) is 23.5 Å². The zero-order valence-electron chi connectivity index (χ0n) is 17.1. The van der Waals surface area contributed by atoms with Crippen LogP contribution in [0.25, 0.3) is 10.8 Å². The number of benzene rings is 2. The van der Waals surface area contributed by atoms with E-state index in [0.717, 1.165) is 27.5 Å². The van der Waals surface area contributed by atoms with Gasteiger partial charge in [0.25, 0.3) is 0 Å². The molecule has 3 rings (SSSR count). The van der Waals surface area contributed by atoms with Crippen molar-refractivity contribution in [1.29, 1.82) is 0 Å². The van der Waals surface area contributed by atoms with Crippen LogP contribution in [-0.2, 0) is 18.8 Å². The van der Waals surface area contributed by atoms with E-state index in [2.05, 4.69) is 52.8 Å². The van der Waals surface area contributed by atoms with Gasteiger partial charge in [-0.05, 0) is 51.0 Å². The van der Waals surface area contributed by atoms with Crippen molar-refractivity contribution in [3.8, 4) is 5.75 Å². The number of methoxy groups -OCH3 is 1. The lowest BCUT2D eigenvalue weighted by Gasteiger charge is -2.32. The zero-order chi connectivity index (χ0) is 19.7. The van der Waals surface area contributed by atoms with E-state index in [1.54, 1.807) is 7.11 Å². The molecule has 1 fully saturated rings. The summed E-state index contributed by atoms with van der Waals surface area (Å²) in [5, 5.41) is 2.28. The van der Waals surface area contributed by atoms with Gasteiger partial charge in [-0.25, -0.2) is 0 Å².